The second-order valence-electron chi connectivity index (χ2n) is 5.65. The van der Waals surface area contributed by atoms with Crippen molar-refractivity contribution in [1.82, 2.24) is 4.98 Å². The molecule has 0 saturated carbocycles. The number of aromatic nitrogens is 1. The van der Waals surface area contributed by atoms with Crippen molar-refractivity contribution < 1.29 is 14.3 Å². The van der Waals surface area contributed by atoms with E-state index in [1.54, 1.807) is 7.11 Å². The number of nitriles is 1. The van der Waals surface area contributed by atoms with Crippen LogP contribution in [0, 0.1) is 11.3 Å². The second kappa shape index (κ2) is 7.58. The predicted octanol–water partition coefficient (Wildman–Crippen LogP) is 3.38. The Balaban J connectivity index is 2.10. The molecule has 0 bridgehead atoms. The molecule has 1 aromatic carbocycles. The van der Waals surface area contributed by atoms with Gasteiger partial charge in [0.25, 0.3) is 0 Å². The maximum atomic E-state index is 11.5. The van der Waals surface area contributed by atoms with Crippen molar-refractivity contribution in [2.75, 3.05) is 20.0 Å². The van der Waals surface area contributed by atoms with E-state index in [0.29, 0.717) is 10.6 Å². The van der Waals surface area contributed by atoms with Crippen LogP contribution in [-0.4, -0.2) is 30.9 Å². The molecule has 1 aliphatic carbocycles. The van der Waals surface area contributed by atoms with Crippen LogP contribution >= 0.6 is 11.8 Å². The summed E-state index contributed by atoms with van der Waals surface area (Å²) in [4.78, 5) is 16.1. The van der Waals surface area contributed by atoms with E-state index < -0.39 is 0 Å². The lowest BCUT2D eigenvalue weighted by molar-refractivity contribution is -0.137. The highest BCUT2D eigenvalue weighted by Crippen LogP contribution is 2.38. The zero-order valence-corrected chi connectivity index (χ0v) is 15.0. The highest BCUT2D eigenvalue weighted by Gasteiger charge is 2.24. The molecule has 5 nitrogen and oxygen atoms in total. The van der Waals surface area contributed by atoms with E-state index in [-0.39, 0.29) is 11.7 Å². The molecule has 0 spiro atoms. The fraction of sp³-hybridized carbons (Fsp3) is 0.316. The smallest absolute Gasteiger partial charge is 0.316 e. The Morgan fingerprint density at radius 1 is 1.28 bits per heavy atom. The van der Waals surface area contributed by atoms with Crippen LogP contribution < -0.4 is 4.74 Å². The van der Waals surface area contributed by atoms with Crippen LogP contribution in [0.5, 0.6) is 5.75 Å². The summed E-state index contributed by atoms with van der Waals surface area (Å²) in [6, 6.07) is 9.99. The second-order valence-corrected chi connectivity index (χ2v) is 6.61. The number of aryl methyl sites for hydroxylation is 1. The Kier molecular flexibility index (Phi) is 5.25. The number of rotatable bonds is 5. The molecule has 2 aromatic rings. The number of fused-ring (bicyclic) bond motifs is 1. The lowest BCUT2D eigenvalue weighted by atomic mass is 9.95. The van der Waals surface area contributed by atoms with Gasteiger partial charge in [0.1, 0.15) is 16.8 Å². The van der Waals surface area contributed by atoms with Crippen molar-refractivity contribution in [3.63, 3.8) is 0 Å². The van der Waals surface area contributed by atoms with Gasteiger partial charge in [-0.1, -0.05) is 23.9 Å². The number of methoxy groups -OCH3 is 2. The number of ether oxygens (including phenoxy) is 2. The molecular weight excluding hydrogens is 336 g/mol. The van der Waals surface area contributed by atoms with Crippen molar-refractivity contribution in [3.05, 3.63) is 41.1 Å². The number of benzene rings is 1. The van der Waals surface area contributed by atoms with E-state index in [9.17, 15) is 10.1 Å². The third-order valence-electron chi connectivity index (χ3n) is 4.24. The Labute approximate surface area is 151 Å². The monoisotopic (exact) mass is 354 g/mol. The van der Waals surface area contributed by atoms with Crippen LogP contribution in [0.2, 0.25) is 0 Å². The molecule has 25 heavy (non-hydrogen) atoms. The molecule has 0 atom stereocenters. The first kappa shape index (κ1) is 17.3. The molecular formula is C19H18N2O3S. The van der Waals surface area contributed by atoms with Gasteiger partial charge in [0, 0.05) is 11.3 Å². The summed E-state index contributed by atoms with van der Waals surface area (Å²) in [6.07, 6.45) is 2.85. The van der Waals surface area contributed by atoms with Crippen LogP contribution in [0.15, 0.2) is 29.3 Å². The van der Waals surface area contributed by atoms with Gasteiger partial charge in [0.15, 0.2) is 0 Å². The van der Waals surface area contributed by atoms with Crippen LogP contribution in [-0.2, 0) is 22.4 Å². The van der Waals surface area contributed by atoms with Crippen LogP contribution in [0.4, 0.5) is 0 Å². The number of hydrogen-bond acceptors (Lipinski definition) is 6. The zero-order valence-electron chi connectivity index (χ0n) is 14.2. The van der Waals surface area contributed by atoms with E-state index in [1.807, 2.05) is 24.3 Å². The number of thioether (sulfide) groups is 1. The Morgan fingerprint density at radius 3 is 2.68 bits per heavy atom. The molecule has 0 saturated heterocycles. The fourth-order valence-electron chi connectivity index (χ4n) is 3.03. The third-order valence-corrected chi connectivity index (χ3v) is 5.18. The van der Waals surface area contributed by atoms with E-state index in [4.69, 9.17) is 9.47 Å². The minimum atomic E-state index is -0.331. The van der Waals surface area contributed by atoms with E-state index in [0.717, 1.165) is 47.4 Å². The highest BCUT2D eigenvalue weighted by atomic mass is 32.2. The molecule has 0 unspecified atom stereocenters. The number of hydrogen-bond donors (Lipinski definition) is 0. The van der Waals surface area contributed by atoms with Gasteiger partial charge >= 0.3 is 5.97 Å². The lowest BCUT2D eigenvalue weighted by Crippen LogP contribution is -2.06. The third kappa shape index (κ3) is 3.47. The number of pyridine rings is 1. The van der Waals surface area contributed by atoms with Crippen molar-refractivity contribution >= 4 is 17.7 Å². The first-order valence-electron chi connectivity index (χ1n) is 7.97. The van der Waals surface area contributed by atoms with Crippen molar-refractivity contribution in [2.45, 2.75) is 24.3 Å². The van der Waals surface area contributed by atoms with Crippen molar-refractivity contribution in [3.8, 4) is 22.9 Å². The number of esters is 1. The van der Waals surface area contributed by atoms with Crippen LogP contribution in [0.25, 0.3) is 11.1 Å². The first-order chi connectivity index (χ1) is 12.2. The molecule has 0 N–H and O–H groups in total. The summed E-state index contributed by atoms with van der Waals surface area (Å²) >= 11 is 1.25. The summed E-state index contributed by atoms with van der Waals surface area (Å²) in [7, 11) is 2.98. The fourth-order valence-corrected chi connectivity index (χ4v) is 3.87. The Morgan fingerprint density at radius 2 is 2.04 bits per heavy atom. The first-order valence-corrected chi connectivity index (χ1v) is 8.96. The SMILES string of the molecule is COC(=O)CSc1nc2c(c(-c3ccc(OC)cc3)c1C#N)CCC2. The lowest BCUT2D eigenvalue weighted by Gasteiger charge is -2.14. The van der Waals surface area contributed by atoms with Crippen molar-refractivity contribution in [1.29, 1.82) is 5.26 Å². The maximum absolute atomic E-state index is 11.5. The quantitative estimate of drug-likeness (QED) is 0.605. The Bertz CT molecular complexity index is 841. The summed E-state index contributed by atoms with van der Waals surface area (Å²) in [5.74, 6) is 0.578. The van der Waals surface area contributed by atoms with Crippen LogP contribution in [0.3, 0.4) is 0 Å². The summed E-state index contributed by atoms with van der Waals surface area (Å²) in [5.41, 5.74) is 4.60. The van der Waals surface area contributed by atoms with E-state index in [1.165, 1.54) is 18.9 Å². The number of carbonyl (C=O) groups excluding carboxylic acids is 1. The minimum absolute atomic E-state index is 0.138. The number of carbonyl (C=O) groups is 1. The van der Waals surface area contributed by atoms with Crippen molar-refractivity contribution in [2.24, 2.45) is 0 Å². The Hall–Kier alpha value is -2.52. The largest absolute Gasteiger partial charge is 0.497 e. The summed E-state index contributed by atoms with van der Waals surface area (Å²) in [5, 5.41) is 10.4. The van der Waals surface area contributed by atoms with E-state index in [2.05, 4.69) is 11.1 Å². The molecule has 0 aliphatic heterocycles. The average molecular weight is 354 g/mol. The van der Waals surface area contributed by atoms with Gasteiger partial charge in [-0.3, -0.25) is 4.79 Å². The van der Waals surface area contributed by atoms with Gasteiger partial charge in [0.05, 0.1) is 25.5 Å². The molecule has 3 rings (SSSR count). The number of nitrogens with zero attached hydrogens (tertiary/aromatic N) is 2. The predicted molar refractivity (Wildman–Crippen MR) is 95.7 cm³/mol. The molecule has 6 heteroatoms. The molecule has 1 aromatic heterocycles. The minimum Gasteiger partial charge on any atom is -0.497 e. The normalized spacial score (nSPS) is 12.4. The summed E-state index contributed by atoms with van der Waals surface area (Å²) in [6.45, 7) is 0. The maximum Gasteiger partial charge on any atom is 0.316 e. The van der Waals surface area contributed by atoms with Gasteiger partial charge in [-0.25, -0.2) is 4.98 Å². The summed E-state index contributed by atoms with van der Waals surface area (Å²) < 4.78 is 9.92. The zero-order chi connectivity index (χ0) is 17.8. The van der Waals surface area contributed by atoms with Gasteiger partial charge in [-0.15, -0.1) is 0 Å². The molecule has 128 valence electrons. The van der Waals surface area contributed by atoms with Gasteiger partial charge in [-0.05, 0) is 42.5 Å². The van der Waals surface area contributed by atoms with Gasteiger partial charge < -0.3 is 9.47 Å². The van der Waals surface area contributed by atoms with Gasteiger partial charge in [0.2, 0.25) is 0 Å². The molecule has 1 aliphatic rings. The topological polar surface area (TPSA) is 72.2 Å². The molecule has 0 fully saturated rings. The van der Waals surface area contributed by atoms with Gasteiger partial charge in [-0.2, -0.15) is 5.26 Å². The highest BCUT2D eigenvalue weighted by molar-refractivity contribution is 7.99. The average Bonchev–Trinajstić information content (AvgIpc) is 3.12. The molecule has 0 radical (unpaired) electrons. The van der Waals surface area contributed by atoms with E-state index >= 15 is 0 Å². The van der Waals surface area contributed by atoms with Crippen LogP contribution in [0.1, 0.15) is 23.2 Å². The molecule has 1 heterocycles. The molecule has 0 amide bonds. The standard InChI is InChI=1S/C19H18N2O3S/c1-23-13-8-6-12(7-9-13)18-14-4-3-5-16(14)21-19(15(18)10-20)25-11-17(22)24-2/h6-9H,3-5,11H2,1-2H3.